The molecule has 0 aliphatic rings. The topological polar surface area (TPSA) is 158 Å². The Morgan fingerprint density at radius 1 is 0.456 bits per heavy atom. The summed E-state index contributed by atoms with van der Waals surface area (Å²) in [4.78, 5) is 48.2. The monoisotopic (exact) mass is 958 g/mol. The summed E-state index contributed by atoms with van der Waals surface area (Å²) >= 11 is 0. The van der Waals surface area contributed by atoms with Crippen molar-refractivity contribution in [3.8, 4) is 0 Å². The van der Waals surface area contributed by atoms with E-state index in [1.807, 2.05) is 30.3 Å². The van der Waals surface area contributed by atoms with E-state index >= 15 is 0 Å². The zero-order valence-corrected chi connectivity index (χ0v) is 44.5. The highest BCUT2D eigenvalue weighted by Gasteiger charge is 2.19. The fourth-order valence-electron chi connectivity index (χ4n) is 8.46. The Bertz CT molecular complexity index is 1270. The van der Waals surface area contributed by atoms with Crippen LogP contribution in [0.15, 0.2) is 30.3 Å². The van der Waals surface area contributed by atoms with E-state index < -0.39 is 0 Å². The van der Waals surface area contributed by atoms with Gasteiger partial charge in [-0.1, -0.05) is 237 Å². The van der Waals surface area contributed by atoms with E-state index in [4.69, 9.17) is 9.84 Å². The van der Waals surface area contributed by atoms with Crippen LogP contribution in [0.25, 0.3) is 0 Å². The Kier molecular flexibility index (Phi) is 49.5. The molecule has 6 N–H and O–H groups in total. The van der Waals surface area contributed by atoms with Gasteiger partial charge >= 0.3 is 5.97 Å². The van der Waals surface area contributed by atoms with Gasteiger partial charge < -0.3 is 36.4 Å². The number of amides is 3. The minimum Gasteiger partial charge on any atom is -0.461 e. The van der Waals surface area contributed by atoms with E-state index in [1.54, 1.807) is 14.1 Å². The summed E-state index contributed by atoms with van der Waals surface area (Å²) in [5, 5.41) is 23.3. The number of unbranched alkanes of at least 4 members (excludes halogenated alkanes) is 30. The summed E-state index contributed by atoms with van der Waals surface area (Å²) in [5.41, 5.74) is 0.965. The van der Waals surface area contributed by atoms with Crippen LogP contribution < -0.4 is 26.6 Å². The zero-order chi connectivity index (χ0) is 49.8. The number of hydrogen-bond donors (Lipinski definition) is 6. The summed E-state index contributed by atoms with van der Waals surface area (Å²) in [6.45, 7) is 6.42. The first kappa shape index (κ1) is 65.0. The third-order valence-corrected chi connectivity index (χ3v) is 13.0. The van der Waals surface area contributed by atoms with Crippen LogP contribution in [0.5, 0.6) is 0 Å². The summed E-state index contributed by atoms with van der Waals surface area (Å²) in [7, 11) is 3.50. The molecule has 2 atom stereocenters. The van der Waals surface area contributed by atoms with Crippen LogP contribution in [0.2, 0.25) is 0 Å². The van der Waals surface area contributed by atoms with Gasteiger partial charge in [0.2, 0.25) is 17.7 Å². The maximum Gasteiger partial charge on any atom is 0.306 e. The minimum absolute atomic E-state index is 0.0330. The molecule has 1 rings (SSSR count). The van der Waals surface area contributed by atoms with Crippen molar-refractivity contribution in [2.24, 2.45) is 0 Å². The Balaban J connectivity index is 0.00000133. The van der Waals surface area contributed by atoms with Crippen LogP contribution in [-0.2, 0) is 30.5 Å². The van der Waals surface area contributed by atoms with Gasteiger partial charge in [-0.15, -0.1) is 0 Å². The number of ether oxygens (including phenoxy) is 1. The summed E-state index contributed by atoms with van der Waals surface area (Å²) in [6, 6.07) is 8.91. The molecule has 2 unspecified atom stereocenters. The molecule has 0 saturated heterocycles. The van der Waals surface area contributed by atoms with Gasteiger partial charge in [-0.2, -0.15) is 0 Å². The van der Waals surface area contributed by atoms with Crippen molar-refractivity contribution in [1.29, 1.82) is 0 Å². The molecule has 0 heterocycles. The van der Waals surface area contributed by atoms with Crippen LogP contribution >= 0.6 is 0 Å². The van der Waals surface area contributed by atoms with Crippen molar-refractivity contribution in [3.05, 3.63) is 35.9 Å². The molecule has 68 heavy (non-hydrogen) atoms. The Morgan fingerprint density at radius 3 is 1.13 bits per heavy atom. The second-order valence-corrected chi connectivity index (χ2v) is 19.2. The summed E-state index contributed by atoms with van der Waals surface area (Å²) < 4.78 is 5.30. The number of carbonyl (C=O) groups excluding carboxylic acids is 4. The molecule has 11 nitrogen and oxygen atoms in total. The molecule has 1 aromatic carbocycles. The minimum atomic E-state index is -0.365. The second kappa shape index (κ2) is 51.8. The van der Waals surface area contributed by atoms with E-state index in [-0.39, 0.29) is 68.4 Å². The maximum absolute atomic E-state index is 12.4. The second-order valence-electron chi connectivity index (χ2n) is 19.2. The largest absolute Gasteiger partial charge is 0.461 e. The normalized spacial score (nSPS) is 11.9. The molecule has 0 spiro atoms. The van der Waals surface area contributed by atoms with Gasteiger partial charge in [0.15, 0.2) is 0 Å². The average Bonchev–Trinajstić information content (AvgIpc) is 3.35. The third-order valence-electron chi connectivity index (χ3n) is 13.0. The Morgan fingerprint density at radius 2 is 0.794 bits per heavy atom. The number of likely N-dealkylation sites (N-methyl/N-ethyl adjacent to an activating group) is 2. The van der Waals surface area contributed by atoms with E-state index in [9.17, 15) is 19.2 Å². The number of benzene rings is 1. The standard InChI is InChI=1S/C31H54N2O3.C26H53N3O3/c1-3-4-5-6-7-8-9-10-11-12-13-14-15-16-17-21-26-33-31(35)29(32-2)24-25-30(34)36-27-28-22-19-18-20-23-28;1-3-4-5-6-7-8-9-10-11-12-13-14-15-16-17-18-21-29-26(32)24(27-2)19-20-25(31)28-22-23-30/h18-20,22-23,29,32H,3-17,21,24-27H2,1-2H3,(H,33,35);24,27,30H,3-23H2,1-2H3,(H,28,31)(H,29,32). The number of esters is 1. The number of carbonyl (C=O) groups is 4. The lowest BCUT2D eigenvalue weighted by Gasteiger charge is -2.16. The highest BCUT2D eigenvalue weighted by Crippen LogP contribution is 2.15. The fourth-order valence-corrected chi connectivity index (χ4v) is 8.46. The molecule has 0 aliphatic carbocycles. The van der Waals surface area contributed by atoms with Crippen LogP contribution in [0.1, 0.15) is 251 Å². The van der Waals surface area contributed by atoms with Crippen molar-refractivity contribution in [2.75, 3.05) is 40.3 Å². The van der Waals surface area contributed by atoms with Gasteiger partial charge in [0.05, 0.1) is 18.7 Å². The molecule has 11 heteroatoms. The predicted molar refractivity (Wildman–Crippen MR) is 286 cm³/mol. The Hall–Kier alpha value is -3.02. The molecule has 396 valence electrons. The van der Waals surface area contributed by atoms with Crippen molar-refractivity contribution >= 4 is 23.7 Å². The van der Waals surface area contributed by atoms with E-state index in [2.05, 4.69) is 40.4 Å². The van der Waals surface area contributed by atoms with Gasteiger partial charge in [0.1, 0.15) is 6.61 Å². The highest BCUT2D eigenvalue weighted by atomic mass is 16.5. The molecular weight excluding hydrogens is 851 g/mol. The third kappa shape index (κ3) is 44.2. The quantitative estimate of drug-likeness (QED) is 0.0278. The van der Waals surface area contributed by atoms with E-state index in [1.165, 1.54) is 180 Å². The van der Waals surface area contributed by atoms with Crippen LogP contribution in [0.4, 0.5) is 0 Å². The number of nitrogens with one attached hydrogen (secondary N) is 5. The van der Waals surface area contributed by atoms with Gasteiger partial charge in [-0.25, -0.2) is 0 Å². The number of rotatable bonds is 48. The van der Waals surface area contributed by atoms with Crippen LogP contribution in [-0.4, -0.2) is 81.2 Å². The van der Waals surface area contributed by atoms with E-state index in [0.29, 0.717) is 25.9 Å². The van der Waals surface area contributed by atoms with Crippen molar-refractivity contribution in [1.82, 2.24) is 26.6 Å². The van der Waals surface area contributed by atoms with Gasteiger partial charge in [0.25, 0.3) is 0 Å². The average molecular weight is 959 g/mol. The van der Waals surface area contributed by atoms with Gasteiger partial charge in [0, 0.05) is 32.5 Å². The molecule has 0 aromatic heterocycles. The molecule has 0 bridgehead atoms. The van der Waals surface area contributed by atoms with Crippen molar-refractivity contribution in [2.45, 2.75) is 264 Å². The smallest absolute Gasteiger partial charge is 0.306 e. The summed E-state index contributed by atoms with van der Waals surface area (Å²) in [6.07, 6.45) is 44.4. The van der Waals surface area contributed by atoms with Gasteiger partial charge in [-0.3, -0.25) is 19.2 Å². The molecule has 0 radical (unpaired) electrons. The molecule has 0 aliphatic heterocycles. The first-order valence-corrected chi connectivity index (χ1v) is 28.3. The highest BCUT2D eigenvalue weighted by molar-refractivity contribution is 5.83. The first-order chi connectivity index (χ1) is 33.3. The molecular formula is C57H107N5O6. The van der Waals surface area contributed by atoms with Crippen LogP contribution in [0.3, 0.4) is 0 Å². The lowest BCUT2D eigenvalue weighted by molar-refractivity contribution is -0.145. The van der Waals surface area contributed by atoms with E-state index in [0.717, 1.165) is 31.2 Å². The SMILES string of the molecule is CCCCCCCCCCCCCCCCCCNC(=O)C(CCC(=O)NCCO)NC.CCCCCCCCCCCCCCCCCCNC(=O)C(CCC(=O)OCc1ccccc1)NC. The van der Waals surface area contributed by atoms with Crippen LogP contribution in [0, 0.1) is 0 Å². The number of aliphatic hydroxyl groups is 1. The fraction of sp³-hybridized carbons (Fsp3) is 0.825. The molecule has 1 aromatic rings. The Labute approximate surface area is 417 Å². The molecule has 0 fully saturated rings. The number of hydrogen-bond acceptors (Lipinski definition) is 8. The summed E-state index contributed by atoms with van der Waals surface area (Å²) in [5.74, 6) is -0.479. The predicted octanol–water partition coefficient (Wildman–Crippen LogP) is 12.3. The molecule has 3 amide bonds. The zero-order valence-electron chi connectivity index (χ0n) is 44.5. The number of aliphatic hydroxyl groups excluding tert-OH is 1. The lowest BCUT2D eigenvalue weighted by atomic mass is 10.0. The van der Waals surface area contributed by atoms with Crippen molar-refractivity contribution < 1.29 is 29.0 Å². The lowest BCUT2D eigenvalue weighted by Crippen LogP contribution is -2.43. The first-order valence-electron chi connectivity index (χ1n) is 28.3. The van der Waals surface area contributed by atoms with Crippen molar-refractivity contribution in [3.63, 3.8) is 0 Å². The molecule has 0 saturated carbocycles. The van der Waals surface area contributed by atoms with Gasteiger partial charge in [-0.05, 0) is 45.3 Å². The maximum atomic E-state index is 12.4.